The Morgan fingerprint density at radius 3 is 2.67 bits per heavy atom. The number of hydrogen-bond donors (Lipinski definition) is 2. The third kappa shape index (κ3) is 2.30. The minimum Gasteiger partial charge on any atom is -0.338 e. The third-order valence-electron chi connectivity index (χ3n) is 2.06. The molecule has 15 heavy (non-hydrogen) atoms. The number of rotatable bonds is 3. The van der Waals surface area contributed by atoms with Crippen LogP contribution in [0.4, 0.5) is 11.5 Å². The highest BCUT2D eigenvalue weighted by Gasteiger charge is 2.01. The molecule has 0 aliphatic heterocycles. The summed E-state index contributed by atoms with van der Waals surface area (Å²) in [6, 6.07) is 11.7. The molecule has 2 aromatic rings. The largest absolute Gasteiger partial charge is 0.338 e. The molecule has 0 saturated carbocycles. The molecule has 0 saturated heterocycles. The Labute approximate surface area is 88.2 Å². The van der Waals surface area contributed by atoms with Crippen molar-refractivity contribution in [3.8, 4) is 0 Å². The van der Waals surface area contributed by atoms with Crippen molar-refractivity contribution in [2.75, 3.05) is 5.32 Å². The summed E-state index contributed by atoms with van der Waals surface area (Å²) in [5.41, 5.74) is 7.53. The molecule has 1 heterocycles. The number of aromatic nitrogens is 2. The number of benzene rings is 1. The van der Waals surface area contributed by atoms with Crippen LogP contribution in [0.5, 0.6) is 0 Å². The molecule has 2 rings (SSSR count). The van der Waals surface area contributed by atoms with E-state index in [4.69, 9.17) is 5.73 Å². The van der Waals surface area contributed by atoms with Crippen molar-refractivity contribution in [3.63, 3.8) is 0 Å². The maximum absolute atomic E-state index is 5.60. The Kier molecular flexibility index (Phi) is 2.90. The average molecular weight is 200 g/mol. The van der Waals surface area contributed by atoms with Crippen LogP contribution in [-0.2, 0) is 6.54 Å². The van der Waals surface area contributed by atoms with Crippen LogP contribution in [0.15, 0.2) is 42.6 Å². The highest BCUT2D eigenvalue weighted by molar-refractivity contribution is 5.58. The van der Waals surface area contributed by atoms with Crippen LogP contribution in [0.25, 0.3) is 0 Å². The summed E-state index contributed by atoms with van der Waals surface area (Å²) in [5, 5.41) is 11.0. The Bertz CT molecular complexity index is 428. The Morgan fingerprint density at radius 2 is 1.93 bits per heavy atom. The molecule has 0 unspecified atom stereocenters. The summed E-state index contributed by atoms with van der Waals surface area (Å²) >= 11 is 0. The zero-order chi connectivity index (χ0) is 10.5. The van der Waals surface area contributed by atoms with E-state index in [2.05, 4.69) is 15.5 Å². The second-order valence-electron chi connectivity index (χ2n) is 3.10. The molecule has 0 amide bonds. The molecule has 1 aromatic carbocycles. The summed E-state index contributed by atoms with van der Waals surface area (Å²) in [5.74, 6) is 0.714. The van der Waals surface area contributed by atoms with Crippen LogP contribution in [-0.4, -0.2) is 10.2 Å². The molecular weight excluding hydrogens is 188 g/mol. The van der Waals surface area contributed by atoms with E-state index in [0.29, 0.717) is 12.4 Å². The van der Waals surface area contributed by atoms with Gasteiger partial charge in [-0.2, -0.15) is 5.10 Å². The van der Waals surface area contributed by atoms with E-state index in [9.17, 15) is 0 Å². The first-order valence-corrected chi connectivity index (χ1v) is 4.73. The smallest absolute Gasteiger partial charge is 0.157 e. The number of nitrogens with one attached hydrogen (secondary N) is 1. The highest BCUT2D eigenvalue weighted by Crippen LogP contribution is 2.16. The Morgan fingerprint density at radius 1 is 1.13 bits per heavy atom. The minimum absolute atomic E-state index is 0.449. The molecule has 4 heteroatoms. The average Bonchev–Trinajstić information content (AvgIpc) is 2.31. The fraction of sp³-hybridized carbons (Fsp3) is 0.0909. The van der Waals surface area contributed by atoms with Gasteiger partial charge in [-0.1, -0.05) is 18.2 Å². The zero-order valence-electron chi connectivity index (χ0n) is 8.22. The van der Waals surface area contributed by atoms with Crippen molar-refractivity contribution in [1.82, 2.24) is 10.2 Å². The topological polar surface area (TPSA) is 63.8 Å². The van der Waals surface area contributed by atoms with Gasteiger partial charge in [-0.15, -0.1) is 5.10 Å². The lowest BCUT2D eigenvalue weighted by Crippen LogP contribution is -2.04. The molecule has 1 aromatic heterocycles. The van der Waals surface area contributed by atoms with Crippen molar-refractivity contribution in [3.05, 3.63) is 48.2 Å². The van der Waals surface area contributed by atoms with Crippen molar-refractivity contribution >= 4 is 11.5 Å². The standard InChI is InChI=1S/C11H12N4/c12-8-9-6-7-13-15-11(9)14-10-4-2-1-3-5-10/h1-7H,8,12H2,(H,14,15). The van der Waals surface area contributed by atoms with Crippen LogP contribution in [0.1, 0.15) is 5.56 Å². The van der Waals surface area contributed by atoms with E-state index >= 15 is 0 Å². The third-order valence-corrected chi connectivity index (χ3v) is 2.06. The van der Waals surface area contributed by atoms with E-state index in [1.165, 1.54) is 0 Å². The molecule has 0 fully saturated rings. The second kappa shape index (κ2) is 4.52. The van der Waals surface area contributed by atoms with Gasteiger partial charge in [0.05, 0.1) is 6.20 Å². The molecule has 0 spiro atoms. The fourth-order valence-electron chi connectivity index (χ4n) is 1.29. The predicted molar refractivity (Wildman–Crippen MR) is 59.6 cm³/mol. The minimum atomic E-state index is 0.449. The van der Waals surface area contributed by atoms with Gasteiger partial charge in [0.15, 0.2) is 5.82 Å². The number of nitrogens with zero attached hydrogens (tertiary/aromatic N) is 2. The first kappa shape index (κ1) is 9.61. The maximum Gasteiger partial charge on any atom is 0.157 e. The monoisotopic (exact) mass is 200 g/mol. The van der Waals surface area contributed by atoms with Crippen molar-refractivity contribution in [1.29, 1.82) is 0 Å². The fourth-order valence-corrected chi connectivity index (χ4v) is 1.29. The molecule has 0 aliphatic rings. The van der Waals surface area contributed by atoms with E-state index in [-0.39, 0.29) is 0 Å². The van der Waals surface area contributed by atoms with Gasteiger partial charge in [-0.25, -0.2) is 0 Å². The quantitative estimate of drug-likeness (QED) is 0.791. The summed E-state index contributed by atoms with van der Waals surface area (Å²) in [6.45, 7) is 0.449. The molecule has 0 atom stereocenters. The molecule has 3 N–H and O–H groups in total. The van der Waals surface area contributed by atoms with Crippen LogP contribution in [0.2, 0.25) is 0 Å². The van der Waals surface area contributed by atoms with Crippen LogP contribution < -0.4 is 11.1 Å². The second-order valence-corrected chi connectivity index (χ2v) is 3.10. The Balaban J connectivity index is 2.24. The molecule has 76 valence electrons. The van der Waals surface area contributed by atoms with Crippen LogP contribution in [0, 0.1) is 0 Å². The number of para-hydroxylation sites is 1. The normalized spacial score (nSPS) is 9.93. The lowest BCUT2D eigenvalue weighted by atomic mass is 10.2. The van der Waals surface area contributed by atoms with E-state index in [0.717, 1.165) is 11.3 Å². The number of hydrogen-bond acceptors (Lipinski definition) is 4. The zero-order valence-corrected chi connectivity index (χ0v) is 8.22. The van der Waals surface area contributed by atoms with Gasteiger partial charge in [-0.3, -0.25) is 0 Å². The van der Waals surface area contributed by atoms with Gasteiger partial charge in [0.1, 0.15) is 0 Å². The van der Waals surface area contributed by atoms with Gasteiger partial charge in [-0.05, 0) is 18.2 Å². The maximum atomic E-state index is 5.60. The summed E-state index contributed by atoms with van der Waals surface area (Å²) in [4.78, 5) is 0. The summed E-state index contributed by atoms with van der Waals surface area (Å²) in [6.07, 6.45) is 1.64. The van der Waals surface area contributed by atoms with E-state index in [1.807, 2.05) is 36.4 Å². The SMILES string of the molecule is NCc1ccnnc1Nc1ccccc1. The van der Waals surface area contributed by atoms with Crippen LogP contribution in [0.3, 0.4) is 0 Å². The van der Waals surface area contributed by atoms with Gasteiger partial charge < -0.3 is 11.1 Å². The number of anilines is 2. The Hall–Kier alpha value is -1.94. The molecule has 4 nitrogen and oxygen atoms in total. The van der Waals surface area contributed by atoms with Crippen molar-refractivity contribution < 1.29 is 0 Å². The lowest BCUT2D eigenvalue weighted by Gasteiger charge is -2.07. The van der Waals surface area contributed by atoms with E-state index in [1.54, 1.807) is 6.20 Å². The summed E-state index contributed by atoms with van der Waals surface area (Å²) in [7, 11) is 0. The van der Waals surface area contributed by atoms with Gasteiger partial charge in [0, 0.05) is 17.8 Å². The highest BCUT2D eigenvalue weighted by atomic mass is 15.2. The van der Waals surface area contributed by atoms with Crippen LogP contribution >= 0.6 is 0 Å². The molecule has 0 bridgehead atoms. The van der Waals surface area contributed by atoms with Gasteiger partial charge in [0.25, 0.3) is 0 Å². The summed E-state index contributed by atoms with van der Waals surface area (Å²) < 4.78 is 0. The number of nitrogens with two attached hydrogens (primary N) is 1. The first-order valence-electron chi connectivity index (χ1n) is 4.73. The molecular formula is C11H12N4. The van der Waals surface area contributed by atoms with Crippen molar-refractivity contribution in [2.24, 2.45) is 5.73 Å². The molecule has 0 radical (unpaired) electrons. The predicted octanol–water partition coefficient (Wildman–Crippen LogP) is 1.68. The van der Waals surface area contributed by atoms with E-state index < -0.39 is 0 Å². The van der Waals surface area contributed by atoms with Crippen molar-refractivity contribution in [2.45, 2.75) is 6.54 Å². The lowest BCUT2D eigenvalue weighted by molar-refractivity contribution is 0.973. The molecule has 0 aliphatic carbocycles. The van der Waals surface area contributed by atoms with Gasteiger partial charge >= 0.3 is 0 Å². The van der Waals surface area contributed by atoms with Gasteiger partial charge in [0.2, 0.25) is 0 Å². The first-order chi connectivity index (χ1) is 7.40.